The van der Waals surface area contributed by atoms with Gasteiger partial charge in [0.15, 0.2) is 5.16 Å². The minimum absolute atomic E-state index is 0.306. The third-order valence-electron chi connectivity index (χ3n) is 2.10. The lowest BCUT2D eigenvalue weighted by Crippen LogP contribution is -2.00. The van der Waals surface area contributed by atoms with Crippen LogP contribution < -0.4 is 11.1 Å². The SMILES string of the molecule is CSc1nc(N)cc(Nc2ccc(F)cc2Br)n1. The van der Waals surface area contributed by atoms with Crippen LogP contribution in [0.3, 0.4) is 0 Å². The van der Waals surface area contributed by atoms with Crippen LogP contribution >= 0.6 is 27.7 Å². The van der Waals surface area contributed by atoms with Crippen molar-refractivity contribution in [2.24, 2.45) is 0 Å². The van der Waals surface area contributed by atoms with Crippen LogP contribution in [0.25, 0.3) is 0 Å². The van der Waals surface area contributed by atoms with Gasteiger partial charge >= 0.3 is 0 Å². The second-order valence-electron chi connectivity index (χ2n) is 3.41. The van der Waals surface area contributed by atoms with Gasteiger partial charge in [0.05, 0.1) is 5.69 Å². The van der Waals surface area contributed by atoms with Crippen molar-refractivity contribution in [3.05, 3.63) is 34.6 Å². The van der Waals surface area contributed by atoms with Gasteiger partial charge in [-0.3, -0.25) is 0 Å². The number of hydrogen-bond acceptors (Lipinski definition) is 5. The van der Waals surface area contributed by atoms with Crippen LogP contribution in [-0.4, -0.2) is 16.2 Å². The van der Waals surface area contributed by atoms with Gasteiger partial charge in [0.25, 0.3) is 0 Å². The van der Waals surface area contributed by atoms with E-state index < -0.39 is 0 Å². The molecule has 0 amide bonds. The van der Waals surface area contributed by atoms with Crippen LogP contribution in [0.2, 0.25) is 0 Å². The smallest absolute Gasteiger partial charge is 0.191 e. The monoisotopic (exact) mass is 328 g/mol. The molecule has 1 heterocycles. The highest BCUT2D eigenvalue weighted by Gasteiger charge is 2.05. The zero-order valence-electron chi connectivity index (χ0n) is 9.45. The minimum atomic E-state index is -0.306. The molecular weight excluding hydrogens is 319 g/mol. The number of anilines is 3. The molecule has 7 heteroatoms. The summed E-state index contributed by atoms with van der Waals surface area (Å²) in [7, 11) is 0. The summed E-state index contributed by atoms with van der Waals surface area (Å²) < 4.78 is 13.6. The van der Waals surface area contributed by atoms with Crippen LogP contribution in [-0.2, 0) is 0 Å². The summed E-state index contributed by atoms with van der Waals surface area (Å²) in [5, 5.41) is 3.64. The zero-order chi connectivity index (χ0) is 13.1. The fraction of sp³-hybridized carbons (Fsp3) is 0.0909. The van der Waals surface area contributed by atoms with Crippen LogP contribution in [0.1, 0.15) is 0 Å². The summed E-state index contributed by atoms with van der Waals surface area (Å²) in [6.45, 7) is 0. The van der Waals surface area contributed by atoms with Gasteiger partial charge in [-0.05, 0) is 40.4 Å². The maximum absolute atomic E-state index is 13.0. The standard InChI is InChI=1S/C11H10BrFN4S/c1-18-11-16-9(14)5-10(17-11)15-8-3-2-6(13)4-7(8)12/h2-5H,1H3,(H3,14,15,16,17). The Labute approximate surface area is 116 Å². The average molecular weight is 329 g/mol. The van der Waals surface area contributed by atoms with E-state index in [0.29, 0.717) is 27.0 Å². The molecule has 0 fully saturated rings. The Kier molecular flexibility index (Phi) is 4.03. The lowest BCUT2D eigenvalue weighted by atomic mass is 10.3. The minimum Gasteiger partial charge on any atom is -0.383 e. The largest absolute Gasteiger partial charge is 0.383 e. The molecular formula is C11H10BrFN4S. The van der Waals surface area contributed by atoms with Gasteiger partial charge in [0.2, 0.25) is 0 Å². The maximum Gasteiger partial charge on any atom is 0.191 e. The Morgan fingerprint density at radius 2 is 2.11 bits per heavy atom. The summed E-state index contributed by atoms with van der Waals surface area (Å²) in [6, 6.07) is 5.99. The Balaban J connectivity index is 2.30. The van der Waals surface area contributed by atoms with E-state index in [9.17, 15) is 4.39 Å². The predicted molar refractivity (Wildman–Crippen MR) is 75.6 cm³/mol. The molecule has 0 aliphatic rings. The molecule has 2 rings (SSSR count). The Bertz CT molecular complexity index is 579. The predicted octanol–water partition coefficient (Wildman–Crippen LogP) is 3.43. The van der Waals surface area contributed by atoms with Gasteiger partial charge in [-0.2, -0.15) is 0 Å². The van der Waals surface area contributed by atoms with Gasteiger partial charge in [-0.25, -0.2) is 14.4 Å². The second kappa shape index (κ2) is 5.53. The van der Waals surface area contributed by atoms with Crippen LogP contribution in [0.4, 0.5) is 21.7 Å². The molecule has 0 atom stereocenters. The topological polar surface area (TPSA) is 63.8 Å². The normalized spacial score (nSPS) is 10.4. The first-order valence-corrected chi connectivity index (χ1v) is 7.01. The Morgan fingerprint density at radius 3 is 2.78 bits per heavy atom. The molecule has 0 aliphatic carbocycles. The van der Waals surface area contributed by atoms with Crippen LogP contribution in [0, 0.1) is 5.82 Å². The summed E-state index contributed by atoms with van der Waals surface area (Å²) >= 11 is 4.68. The molecule has 0 saturated carbocycles. The summed E-state index contributed by atoms with van der Waals surface area (Å²) in [5.41, 5.74) is 6.38. The van der Waals surface area contributed by atoms with E-state index in [-0.39, 0.29) is 5.82 Å². The zero-order valence-corrected chi connectivity index (χ0v) is 11.8. The molecule has 3 N–H and O–H groups in total. The average Bonchev–Trinajstić information content (AvgIpc) is 2.32. The number of benzene rings is 1. The van der Waals surface area contributed by atoms with E-state index in [4.69, 9.17) is 5.73 Å². The number of aromatic nitrogens is 2. The van der Waals surface area contributed by atoms with E-state index in [1.165, 1.54) is 23.9 Å². The molecule has 4 nitrogen and oxygen atoms in total. The highest BCUT2D eigenvalue weighted by atomic mass is 79.9. The highest BCUT2D eigenvalue weighted by Crippen LogP contribution is 2.26. The number of thioether (sulfide) groups is 1. The third-order valence-corrected chi connectivity index (χ3v) is 3.31. The third kappa shape index (κ3) is 3.11. The number of rotatable bonds is 3. The van der Waals surface area contributed by atoms with Gasteiger partial charge in [0, 0.05) is 10.5 Å². The number of nitrogens with two attached hydrogens (primary N) is 1. The van der Waals surface area contributed by atoms with Gasteiger partial charge in [0.1, 0.15) is 17.5 Å². The summed E-state index contributed by atoms with van der Waals surface area (Å²) in [6.07, 6.45) is 1.87. The number of nitrogen functional groups attached to an aromatic ring is 1. The van der Waals surface area contributed by atoms with Crippen molar-refractivity contribution >= 4 is 45.0 Å². The number of hydrogen-bond donors (Lipinski definition) is 2. The highest BCUT2D eigenvalue weighted by molar-refractivity contribution is 9.10. The Morgan fingerprint density at radius 1 is 1.33 bits per heavy atom. The molecule has 1 aromatic heterocycles. The Hall–Kier alpha value is -1.34. The maximum atomic E-state index is 13.0. The van der Waals surface area contributed by atoms with Gasteiger partial charge < -0.3 is 11.1 Å². The van der Waals surface area contributed by atoms with Crippen molar-refractivity contribution < 1.29 is 4.39 Å². The van der Waals surface area contributed by atoms with Gasteiger partial charge in [-0.15, -0.1) is 0 Å². The van der Waals surface area contributed by atoms with Crippen molar-refractivity contribution in [1.29, 1.82) is 0 Å². The van der Waals surface area contributed by atoms with Crippen molar-refractivity contribution in [2.45, 2.75) is 5.16 Å². The van der Waals surface area contributed by atoms with Crippen molar-refractivity contribution in [3.8, 4) is 0 Å². The van der Waals surface area contributed by atoms with E-state index in [2.05, 4.69) is 31.2 Å². The van der Waals surface area contributed by atoms with E-state index in [0.717, 1.165) is 0 Å². The molecule has 2 aromatic rings. The molecule has 0 saturated heterocycles. The molecule has 0 spiro atoms. The lowest BCUT2D eigenvalue weighted by Gasteiger charge is -2.09. The molecule has 0 aliphatic heterocycles. The first kappa shape index (κ1) is 13.1. The molecule has 94 valence electrons. The number of nitrogens with zero attached hydrogens (tertiary/aromatic N) is 2. The first-order chi connectivity index (χ1) is 8.58. The van der Waals surface area contributed by atoms with E-state index >= 15 is 0 Å². The van der Waals surface area contributed by atoms with E-state index in [1.807, 2.05) is 6.26 Å². The number of nitrogens with one attached hydrogen (secondary N) is 1. The van der Waals surface area contributed by atoms with Gasteiger partial charge in [-0.1, -0.05) is 11.8 Å². The molecule has 18 heavy (non-hydrogen) atoms. The molecule has 0 unspecified atom stereocenters. The first-order valence-electron chi connectivity index (χ1n) is 4.99. The quantitative estimate of drug-likeness (QED) is 0.667. The molecule has 1 aromatic carbocycles. The fourth-order valence-electron chi connectivity index (χ4n) is 1.33. The van der Waals surface area contributed by atoms with Crippen LogP contribution in [0.5, 0.6) is 0 Å². The van der Waals surface area contributed by atoms with Crippen molar-refractivity contribution in [2.75, 3.05) is 17.3 Å². The summed E-state index contributed by atoms with van der Waals surface area (Å²) in [5.74, 6) is 0.647. The number of halogens is 2. The van der Waals surface area contributed by atoms with Crippen molar-refractivity contribution in [1.82, 2.24) is 9.97 Å². The van der Waals surface area contributed by atoms with Crippen molar-refractivity contribution in [3.63, 3.8) is 0 Å². The van der Waals surface area contributed by atoms with E-state index in [1.54, 1.807) is 12.1 Å². The second-order valence-corrected chi connectivity index (χ2v) is 5.04. The lowest BCUT2D eigenvalue weighted by molar-refractivity contribution is 0.627. The molecule has 0 bridgehead atoms. The fourth-order valence-corrected chi connectivity index (χ4v) is 2.16. The van der Waals surface area contributed by atoms with Crippen LogP contribution in [0.15, 0.2) is 33.9 Å². The molecule has 0 radical (unpaired) electrons. The summed E-state index contributed by atoms with van der Waals surface area (Å²) in [4.78, 5) is 8.31.